The third kappa shape index (κ3) is 3.35. The molecule has 0 unspecified atom stereocenters. The van der Waals surface area contributed by atoms with Crippen molar-refractivity contribution in [1.29, 1.82) is 0 Å². The van der Waals surface area contributed by atoms with Crippen LogP contribution < -0.4 is 10.5 Å². The van der Waals surface area contributed by atoms with Gasteiger partial charge in [-0.05, 0) is 48.7 Å². The Morgan fingerprint density at radius 1 is 1.08 bits per heavy atom. The number of aryl methyl sites for hydroxylation is 2. The summed E-state index contributed by atoms with van der Waals surface area (Å²) >= 11 is 0. The summed E-state index contributed by atoms with van der Waals surface area (Å²) < 4.78 is 5.44. The highest BCUT2D eigenvalue weighted by Crippen LogP contribution is 2.24. The SMILES string of the molecule is Cc1cc(C)c2c(CN3CCN(c4ccccn4)CC3)cc(=O)oc2c1. The largest absolute Gasteiger partial charge is 0.423 e. The van der Waals surface area contributed by atoms with E-state index in [4.69, 9.17) is 4.42 Å². The van der Waals surface area contributed by atoms with Crippen LogP contribution in [0, 0.1) is 13.8 Å². The van der Waals surface area contributed by atoms with Crippen molar-refractivity contribution in [2.45, 2.75) is 20.4 Å². The Balaban J connectivity index is 1.54. The smallest absolute Gasteiger partial charge is 0.336 e. The Kier molecular flexibility index (Phi) is 4.47. The predicted molar refractivity (Wildman–Crippen MR) is 104 cm³/mol. The molecule has 0 N–H and O–H groups in total. The number of anilines is 1. The van der Waals surface area contributed by atoms with Crippen molar-refractivity contribution in [2.24, 2.45) is 0 Å². The molecule has 3 heterocycles. The van der Waals surface area contributed by atoms with E-state index in [-0.39, 0.29) is 5.63 Å². The Morgan fingerprint density at radius 2 is 1.88 bits per heavy atom. The van der Waals surface area contributed by atoms with Crippen LogP contribution in [0.3, 0.4) is 0 Å². The van der Waals surface area contributed by atoms with E-state index in [0.717, 1.165) is 60.6 Å². The summed E-state index contributed by atoms with van der Waals surface area (Å²) in [4.78, 5) is 21.1. The molecular weight excluding hydrogens is 326 g/mol. The van der Waals surface area contributed by atoms with Gasteiger partial charge >= 0.3 is 5.63 Å². The molecule has 0 atom stereocenters. The molecule has 1 saturated heterocycles. The van der Waals surface area contributed by atoms with Gasteiger partial charge in [0.15, 0.2) is 0 Å². The topological polar surface area (TPSA) is 49.6 Å². The first-order valence-corrected chi connectivity index (χ1v) is 9.02. The number of hydrogen-bond acceptors (Lipinski definition) is 5. The average Bonchev–Trinajstić information content (AvgIpc) is 2.62. The van der Waals surface area contributed by atoms with Gasteiger partial charge in [0.25, 0.3) is 0 Å². The van der Waals surface area contributed by atoms with Gasteiger partial charge in [-0.1, -0.05) is 12.1 Å². The summed E-state index contributed by atoms with van der Waals surface area (Å²) in [6, 6.07) is 11.8. The molecular formula is C21H23N3O2. The fourth-order valence-electron chi connectivity index (χ4n) is 3.81. The second-order valence-electron chi connectivity index (χ2n) is 7.00. The van der Waals surface area contributed by atoms with Gasteiger partial charge in [0.1, 0.15) is 11.4 Å². The molecule has 134 valence electrons. The van der Waals surface area contributed by atoms with Crippen LogP contribution in [-0.2, 0) is 6.54 Å². The molecule has 26 heavy (non-hydrogen) atoms. The molecule has 5 heteroatoms. The summed E-state index contributed by atoms with van der Waals surface area (Å²) in [5, 5.41) is 1.07. The molecule has 0 bridgehead atoms. The van der Waals surface area contributed by atoms with Crippen LogP contribution in [0.15, 0.2) is 51.8 Å². The molecule has 1 aliphatic rings. The van der Waals surface area contributed by atoms with E-state index in [1.807, 2.05) is 31.3 Å². The van der Waals surface area contributed by atoms with Crippen LogP contribution in [0.2, 0.25) is 0 Å². The number of rotatable bonds is 3. The van der Waals surface area contributed by atoms with Gasteiger partial charge in [0.2, 0.25) is 0 Å². The quantitative estimate of drug-likeness (QED) is 0.680. The van der Waals surface area contributed by atoms with E-state index >= 15 is 0 Å². The third-order valence-electron chi connectivity index (χ3n) is 5.01. The van der Waals surface area contributed by atoms with Gasteiger partial charge < -0.3 is 9.32 Å². The highest BCUT2D eigenvalue weighted by molar-refractivity contribution is 5.84. The second-order valence-corrected chi connectivity index (χ2v) is 7.00. The van der Waals surface area contributed by atoms with Gasteiger partial charge in [-0.25, -0.2) is 9.78 Å². The maximum atomic E-state index is 12.0. The van der Waals surface area contributed by atoms with Gasteiger partial charge in [0, 0.05) is 50.4 Å². The predicted octanol–water partition coefficient (Wildman–Crippen LogP) is 3.13. The molecule has 3 aromatic rings. The third-order valence-corrected chi connectivity index (χ3v) is 5.01. The lowest BCUT2D eigenvalue weighted by atomic mass is 10.0. The van der Waals surface area contributed by atoms with Crippen molar-refractivity contribution in [3.63, 3.8) is 0 Å². The monoisotopic (exact) mass is 349 g/mol. The normalized spacial score (nSPS) is 15.5. The molecule has 0 spiro atoms. The number of pyridine rings is 1. The number of piperazine rings is 1. The summed E-state index contributed by atoms with van der Waals surface area (Å²) in [6.07, 6.45) is 1.84. The minimum absolute atomic E-state index is 0.273. The molecule has 2 aromatic heterocycles. The summed E-state index contributed by atoms with van der Waals surface area (Å²) in [5.41, 5.74) is 3.74. The zero-order chi connectivity index (χ0) is 18.1. The van der Waals surface area contributed by atoms with E-state index < -0.39 is 0 Å². The van der Waals surface area contributed by atoms with Gasteiger partial charge in [-0.3, -0.25) is 4.90 Å². The molecule has 4 rings (SSSR count). The molecule has 1 aromatic carbocycles. The first-order chi connectivity index (χ1) is 12.6. The molecule has 1 aliphatic heterocycles. The highest BCUT2D eigenvalue weighted by Gasteiger charge is 2.19. The lowest BCUT2D eigenvalue weighted by Gasteiger charge is -2.35. The lowest BCUT2D eigenvalue weighted by Crippen LogP contribution is -2.46. The lowest BCUT2D eigenvalue weighted by molar-refractivity contribution is 0.249. The van der Waals surface area contributed by atoms with Crippen LogP contribution in [0.4, 0.5) is 5.82 Å². The van der Waals surface area contributed by atoms with E-state index in [1.165, 1.54) is 0 Å². The van der Waals surface area contributed by atoms with Crippen molar-refractivity contribution >= 4 is 16.8 Å². The van der Waals surface area contributed by atoms with Crippen LogP contribution in [0.5, 0.6) is 0 Å². The van der Waals surface area contributed by atoms with E-state index in [9.17, 15) is 4.79 Å². The van der Waals surface area contributed by atoms with E-state index in [0.29, 0.717) is 5.58 Å². The minimum atomic E-state index is -0.273. The van der Waals surface area contributed by atoms with Crippen molar-refractivity contribution < 1.29 is 4.42 Å². The first-order valence-electron chi connectivity index (χ1n) is 9.02. The standard InChI is InChI=1S/C21H23N3O2/c1-15-11-16(2)21-17(13-20(25)26-18(21)12-15)14-23-7-9-24(10-8-23)19-5-3-4-6-22-19/h3-6,11-13H,7-10,14H2,1-2H3. The van der Waals surface area contributed by atoms with Crippen LogP contribution in [-0.4, -0.2) is 36.1 Å². The number of hydrogen-bond donors (Lipinski definition) is 0. The second kappa shape index (κ2) is 6.92. The van der Waals surface area contributed by atoms with Crippen LogP contribution in [0.1, 0.15) is 16.7 Å². The molecule has 0 saturated carbocycles. The van der Waals surface area contributed by atoms with Crippen molar-refractivity contribution in [3.05, 3.63) is 69.7 Å². The molecule has 0 amide bonds. The van der Waals surface area contributed by atoms with Crippen molar-refractivity contribution in [1.82, 2.24) is 9.88 Å². The van der Waals surface area contributed by atoms with Crippen molar-refractivity contribution in [3.8, 4) is 0 Å². The van der Waals surface area contributed by atoms with Crippen LogP contribution >= 0.6 is 0 Å². The molecule has 0 aliphatic carbocycles. The number of aromatic nitrogens is 1. The summed E-state index contributed by atoms with van der Waals surface area (Å²) in [5.74, 6) is 1.03. The zero-order valence-corrected chi connectivity index (χ0v) is 15.2. The maximum absolute atomic E-state index is 12.0. The number of nitrogens with zero attached hydrogens (tertiary/aromatic N) is 3. The fraction of sp³-hybridized carbons (Fsp3) is 0.333. The van der Waals surface area contributed by atoms with Gasteiger partial charge in [-0.15, -0.1) is 0 Å². The van der Waals surface area contributed by atoms with Crippen molar-refractivity contribution in [2.75, 3.05) is 31.1 Å². The maximum Gasteiger partial charge on any atom is 0.336 e. The Bertz CT molecular complexity index is 974. The number of benzene rings is 1. The molecule has 1 fully saturated rings. The molecule has 5 nitrogen and oxygen atoms in total. The van der Waals surface area contributed by atoms with E-state index in [2.05, 4.69) is 33.8 Å². The van der Waals surface area contributed by atoms with Gasteiger partial charge in [0.05, 0.1) is 0 Å². The first kappa shape index (κ1) is 16.8. The molecule has 0 radical (unpaired) electrons. The zero-order valence-electron chi connectivity index (χ0n) is 15.2. The minimum Gasteiger partial charge on any atom is -0.423 e. The Hall–Kier alpha value is -2.66. The fourth-order valence-corrected chi connectivity index (χ4v) is 3.81. The summed E-state index contributed by atoms with van der Waals surface area (Å²) in [6.45, 7) is 8.64. The average molecular weight is 349 g/mol. The van der Waals surface area contributed by atoms with E-state index in [1.54, 1.807) is 6.07 Å². The highest BCUT2D eigenvalue weighted by atomic mass is 16.4. The van der Waals surface area contributed by atoms with Crippen LogP contribution in [0.25, 0.3) is 11.0 Å². The van der Waals surface area contributed by atoms with Gasteiger partial charge in [-0.2, -0.15) is 0 Å². The number of fused-ring (bicyclic) bond motifs is 1. The summed E-state index contributed by atoms with van der Waals surface area (Å²) in [7, 11) is 0. The Morgan fingerprint density at radius 3 is 2.62 bits per heavy atom. The Labute approximate surface area is 152 Å².